The van der Waals surface area contributed by atoms with Crippen molar-refractivity contribution in [1.29, 1.82) is 0 Å². The Bertz CT molecular complexity index is 425. The summed E-state index contributed by atoms with van der Waals surface area (Å²) in [6.45, 7) is 2.46. The van der Waals surface area contributed by atoms with Crippen molar-refractivity contribution in [3.05, 3.63) is 0 Å². The second-order valence-electron chi connectivity index (χ2n) is 5.87. The van der Waals surface area contributed by atoms with Gasteiger partial charge in [0.15, 0.2) is 0 Å². The Hall–Kier alpha value is -2.12. The second kappa shape index (κ2) is 15.4. The highest BCUT2D eigenvalue weighted by atomic mass is 16.5. The molecule has 8 heteroatoms. The number of nitrogens with one attached hydrogen (secondary N) is 2. The van der Waals surface area contributed by atoms with Crippen LogP contribution in [-0.2, 0) is 14.3 Å². The van der Waals surface area contributed by atoms with E-state index in [2.05, 4.69) is 12.2 Å². The maximum atomic E-state index is 11.5. The van der Waals surface area contributed by atoms with Crippen molar-refractivity contribution in [2.24, 2.45) is 0 Å². The van der Waals surface area contributed by atoms with Crippen LogP contribution < -0.4 is 10.6 Å². The predicted octanol–water partition coefficient (Wildman–Crippen LogP) is 3.34. The molecule has 0 unspecified atom stereocenters. The zero-order valence-corrected chi connectivity index (χ0v) is 15.0. The van der Waals surface area contributed by atoms with Crippen molar-refractivity contribution in [2.75, 3.05) is 6.61 Å². The summed E-state index contributed by atoms with van der Waals surface area (Å²) >= 11 is 0. The van der Waals surface area contributed by atoms with Gasteiger partial charge in [-0.1, -0.05) is 45.4 Å². The quantitative estimate of drug-likeness (QED) is 0.434. The molecule has 0 aliphatic rings. The monoisotopic (exact) mass is 358 g/mol. The van der Waals surface area contributed by atoms with Crippen LogP contribution in [-0.4, -0.2) is 35.7 Å². The van der Waals surface area contributed by atoms with Crippen molar-refractivity contribution >= 4 is 24.0 Å². The van der Waals surface area contributed by atoms with Crippen molar-refractivity contribution in [3.8, 4) is 0 Å². The lowest BCUT2D eigenvalue weighted by Gasteiger charge is -2.06. The van der Waals surface area contributed by atoms with E-state index in [4.69, 9.17) is 9.84 Å². The number of rotatable bonds is 13. The summed E-state index contributed by atoms with van der Waals surface area (Å²) < 4.78 is 4.93. The number of ether oxygens (including phenoxy) is 1. The number of carbonyl (C=O) groups is 4. The number of hydrogen-bond donors (Lipinski definition) is 3. The minimum Gasteiger partial charge on any atom is -0.465 e. The molecule has 0 saturated carbocycles. The van der Waals surface area contributed by atoms with Gasteiger partial charge in [-0.3, -0.25) is 20.2 Å². The van der Waals surface area contributed by atoms with Crippen molar-refractivity contribution < 1.29 is 29.0 Å². The summed E-state index contributed by atoms with van der Waals surface area (Å²) in [7, 11) is 0. The molecule has 0 aliphatic carbocycles. The fraction of sp³-hybridized carbons (Fsp3) is 0.765. The number of amides is 4. The number of carbonyl (C=O) groups excluding carboxylic acids is 3. The van der Waals surface area contributed by atoms with E-state index in [0.717, 1.165) is 19.3 Å². The number of unbranched alkanes of at least 4 members (excludes halogenated alkanes) is 7. The lowest BCUT2D eigenvalue weighted by molar-refractivity contribution is -0.122. The first-order valence-electron chi connectivity index (χ1n) is 8.95. The van der Waals surface area contributed by atoms with Crippen molar-refractivity contribution in [2.45, 2.75) is 77.6 Å². The van der Waals surface area contributed by atoms with E-state index in [1.54, 1.807) is 5.32 Å². The third-order valence-electron chi connectivity index (χ3n) is 3.53. The Morgan fingerprint density at radius 3 is 1.84 bits per heavy atom. The van der Waals surface area contributed by atoms with Crippen molar-refractivity contribution in [3.63, 3.8) is 0 Å². The Balaban J connectivity index is 3.51. The van der Waals surface area contributed by atoms with E-state index in [0.29, 0.717) is 19.4 Å². The summed E-state index contributed by atoms with van der Waals surface area (Å²) in [5.74, 6) is -1.08. The maximum Gasteiger partial charge on any atom is 0.413 e. The van der Waals surface area contributed by atoms with Gasteiger partial charge in [-0.25, -0.2) is 9.59 Å². The summed E-state index contributed by atoms with van der Waals surface area (Å²) in [6.07, 6.45) is 6.50. The minimum absolute atomic E-state index is 0.0162. The van der Waals surface area contributed by atoms with Gasteiger partial charge in [-0.05, 0) is 19.3 Å². The first-order chi connectivity index (χ1) is 12.0. The topological polar surface area (TPSA) is 122 Å². The van der Waals surface area contributed by atoms with Crippen LogP contribution in [0.25, 0.3) is 0 Å². The molecule has 0 saturated heterocycles. The average Bonchev–Trinajstić information content (AvgIpc) is 2.53. The summed E-state index contributed by atoms with van der Waals surface area (Å²) in [5.41, 5.74) is 0. The fourth-order valence-corrected chi connectivity index (χ4v) is 2.19. The third kappa shape index (κ3) is 16.5. The van der Waals surface area contributed by atoms with E-state index in [-0.39, 0.29) is 12.8 Å². The van der Waals surface area contributed by atoms with E-state index in [9.17, 15) is 19.2 Å². The smallest absolute Gasteiger partial charge is 0.413 e. The molecule has 3 N–H and O–H groups in total. The maximum absolute atomic E-state index is 11.5. The minimum atomic E-state index is -1.40. The zero-order valence-electron chi connectivity index (χ0n) is 15.0. The summed E-state index contributed by atoms with van der Waals surface area (Å²) in [5, 5.41) is 12.2. The van der Waals surface area contributed by atoms with Crippen LogP contribution in [0.3, 0.4) is 0 Å². The third-order valence-corrected chi connectivity index (χ3v) is 3.53. The van der Waals surface area contributed by atoms with Crippen LogP contribution in [0, 0.1) is 0 Å². The molecule has 0 bridgehead atoms. The Kier molecular flexibility index (Phi) is 14.1. The largest absolute Gasteiger partial charge is 0.465 e. The highest BCUT2D eigenvalue weighted by Crippen LogP contribution is 2.07. The SMILES string of the molecule is CCCCCCCCCOC(=O)NC(=O)CCCCC(=O)NC(=O)O. The first kappa shape index (κ1) is 22.9. The number of carboxylic acid groups (broad SMARTS) is 1. The molecule has 0 fully saturated rings. The highest BCUT2D eigenvalue weighted by molar-refractivity contribution is 5.92. The van der Waals surface area contributed by atoms with Gasteiger partial charge in [0, 0.05) is 12.8 Å². The van der Waals surface area contributed by atoms with Crippen molar-refractivity contribution in [1.82, 2.24) is 10.6 Å². The molecule has 0 aromatic heterocycles. The Labute approximate surface area is 148 Å². The van der Waals surface area contributed by atoms with Gasteiger partial charge < -0.3 is 9.84 Å². The van der Waals surface area contributed by atoms with E-state index in [1.165, 1.54) is 25.7 Å². The Morgan fingerprint density at radius 2 is 1.28 bits per heavy atom. The van der Waals surface area contributed by atoms with Crippen LogP contribution >= 0.6 is 0 Å². The van der Waals surface area contributed by atoms with E-state index < -0.39 is 24.0 Å². The van der Waals surface area contributed by atoms with Gasteiger partial charge in [0.05, 0.1) is 6.61 Å². The molecule has 0 aromatic rings. The second-order valence-corrected chi connectivity index (χ2v) is 5.87. The molecule has 0 radical (unpaired) electrons. The van der Waals surface area contributed by atoms with Gasteiger partial charge in [0.2, 0.25) is 11.8 Å². The van der Waals surface area contributed by atoms with Gasteiger partial charge in [0.1, 0.15) is 0 Å². The normalized spacial score (nSPS) is 10.1. The lowest BCUT2D eigenvalue weighted by atomic mass is 10.1. The molecule has 144 valence electrons. The molecule has 4 amide bonds. The number of hydrogen-bond acceptors (Lipinski definition) is 5. The van der Waals surface area contributed by atoms with Gasteiger partial charge in [-0.15, -0.1) is 0 Å². The fourth-order valence-electron chi connectivity index (χ4n) is 2.19. The van der Waals surface area contributed by atoms with Crippen LogP contribution in [0.1, 0.15) is 77.6 Å². The first-order valence-corrected chi connectivity index (χ1v) is 8.95. The molecule has 0 atom stereocenters. The van der Waals surface area contributed by atoms with Crippen LogP contribution in [0.2, 0.25) is 0 Å². The molecule has 0 aromatic carbocycles. The molecule has 8 nitrogen and oxygen atoms in total. The molecule has 0 heterocycles. The molecular weight excluding hydrogens is 328 g/mol. The van der Waals surface area contributed by atoms with E-state index in [1.807, 2.05) is 0 Å². The highest BCUT2D eigenvalue weighted by Gasteiger charge is 2.10. The molecule has 0 spiro atoms. The standard InChI is InChI=1S/C17H30N2O6/c1-2-3-4-5-6-7-10-13-25-17(24)19-15(21)12-9-8-11-14(20)18-16(22)23/h2-13H2,1H3,(H,18,20)(H,22,23)(H,19,21,24). The Morgan fingerprint density at radius 1 is 0.760 bits per heavy atom. The average molecular weight is 358 g/mol. The van der Waals surface area contributed by atoms with Gasteiger partial charge in [-0.2, -0.15) is 0 Å². The van der Waals surface area contributed by atoms with Crippen LogP contribution in [0.15, 0.2) is 0 Å². The van der Waals surface area contributed by atoms with Crippen LogP contribution in [0.5, 0.6) is 0 Å². The van der Waals surface area contributed by atoms with E-state index >= 15 is 0 Å². The van der Waals surface area contributed by atoms with Gasteiger partial charge >= 0.3 is 12.2 Å². The summed E-state index contributed by atoms with van der Waals surface area (Å²) in [6, 6.07) is 0. The number of imide groups is 2. The predicted molar refractivity (Wildman–Crippen MR) is 92.1 cm³/mol. The molecular formula is C17H30N2O6. The molecule has 0 aliphatic heterocycles. The zero-order chi connectivity index (χ0) is 18.9. The summed E-state index contributed by atoms with van der Waals surface area (Å²) in [4.78, 5) is 44.2. The molecule has 25 heavy (non-hydrogen) atoms. The number of alkyl carbamates (subject to hydrolysis) is 1. The van der Waals surface area contributed by atoms with Gasteiger partial charge in [0.25, 0.3) is 0 Å². The van der Waals surface area contributed by atoms with Crippen LogP contribution in [0.4, 0.5) is 9.59 Å². The lowest BCUT2D eigenvalue weighted by Crippen LogP contribution is -2.31. The molecule has 0 rings (SSSR count).